The molecule has 3 nitrogen and oxygen atoms in total. The molecule has 0 aliphatic rings. The van der Waals surface area contributed by atoms with Gasteiger partial charge in [0.05, 0.1) is 10.7 Å². The number of fused-ring (bicyclic) bond motifs is 1. The first kappa shape index (κ1) is 9.65. The van der Waals surface area contributed by atoms with Crippen molar-refractivity contribution in [3.8, 4) is 0 Å². The van der Waals surface area contributed by atoms with E-state index in [0.717, 1.165) is 15.8 Å². The molecule has 74 valence electrons. The molecule has 0 spiro atoms. The number of halogens is 1. The van der Waals surface area contributed by atoms with Crippen molar-refractivity contribution in [3.05, 3.63) is 28.1 Å². The van der Waals surface area contributed by atoms with Gasteiger partial charge in [0.1, 0.15) is 0 Å². The van der Waals surface area contributed by atoms with Crippen LogP contribution in [-0.2, 0) is 0 Å². The van der Waals surface area contributed by atoms with E-state index >= 15 is 0 Å². The zero-order valence-corrected chi connectivity index (χ0v) is 10.0. The van der Waals surface area contributed by atoms with E-state index in [9.17, 15) is 0 Å². The van der Waals surface area contributed by atoms with Gasteiger partial charge in [-0.05, 0) is 34.8 Å². The van der Waals surface area contributed by atoms with E-state index in [4.69, 9.17) is 0 Å². The number of aromatic nitrogens is 3. The molecule has 0 saturated heterocycles. The van der Waals surface area contributed by atoms with E-state index in [2.05, 4.69) is 45.9 Å². The van der Waals surface area contributed by atoms with Gasteiger partial charge in [0, 0.05) is 11.4 Å². The second kappa shape index (κ2) is 3.35. The monoisotopic (exact) mass is 253 g/mol. The van der Waals surface area contributed by atoms with Gasteiger partial charge < -0.3 is 0 Å². The van der Waals surface area contributed by atoms with Crippen molar-refractivity contribution in [1.82, 2.24) is 14.6 Å². The Morgan fingerprint density at radius 3 is 2.79 bits per heavy atom. The van der Waals surface area contributed by atoms with E-state index < -0.39 is 0 Å². The van der Waals surface area contributed by atoms with Crippen molar-refractivity contribution in [2.24, 2.45) is 0 Å². The van der Waals surface area contributed by atoms with Gasteiger partial charge in [0.15, 0.2) is 5.65 Å². The van der Waals surface area contributed by atoms with Crippen LogP contribution < -0.4 is 0 Å². The standard InChI is InChI=1S/C10H12BrN3/c1-6(2)9-4-7(3)13-10-8(11)5-12-14(9)10/h4-6H,1-3H3. The van der Waals surface area contributed by atoms with Crippen molar-refractivity contribution in [3.63, 3.8) is 0 Å². The maximum atomic E-state index is 4.43. The van der Waals surface area contributed by atoms with Crippen molar-refractivity contribution in [2.75, 3.05) is 0 Å². The summed E-state index contributed by atoms with van der Waals surface area (Å²) >= 11 is 3.44. The fourth-order valence-corrected chi connectivity index (χ4v) is 1.85. The first-order valence-electron chi connectivity index (χ1n) is 4.60. The van der Waals surface area contributed by atoms with Crippen LogP contribution in [0.4, 0.5) is 0 Å². The van der Waals surface area contributed by atoms with E-state index in [1.807, 2.05) is 11.4 Å². The minimum Gasteiger partial charge on any atom is -0.233 e. The Kier molecular flexibility index (Phi) is 2.31. The molecule has 2 aromatic rings. The Morgan fingerprint density at radius 1 is 1.43 bits per heavy atom. The Bertz CT molecular complexity index is 473. The lowest BCUT2D eigenvalue weighted by Gasteiger charge is -2.08. The second-order valence-electron chi connectivity index (χ2n) is 3.71. The third-order valence-electron chi connectivity index (χ3n) is 2.18. The Balaban J connectivity index is 2.82. The molecule has 0 saturated carbocycles. The number of hydrogen-bond acceptors (Lipinski definition) is 2. The van der Waals surface area contributed by atoms with Crippen molar-refractivity contribution in [2.45, 2.75) is 26.7 Å². The number of rotatable bonds is 1. The van der Waals surface area contributed by atoms with E-state index in [0.29, 0.717) is 5.92 Å². The summed E-state index contributed by atoms with van der Waals surface area (Å²) in [6.45, 7) is 6.32. The quantitative estimate of drug-likeness (QED) is 0.783. The smallest absolute Gasteiger partial charge is 0.169 e. The molecule has 0 N–H and O–H groups in total. The molecule has 2 aromatic heterocycles. The van der Waals surface area contributed by atoms with Crippen molar-refractivity contribution < 1.29 is 0 Å². The Labute approximate surface area is 91.3 Å². The molecule has 0 radical (unpaired) electrons. The zero-order valence-electron chi connectivity index (χ0n) is 8.45. The van der Waals surface area contributed by atoms with Crippen LogP contribution in [0.5, 0.6) is 0 Å². The largest absolute Gasteiger partial charge is 0.233 e. The summed E-state index contributed by atoms with van der Waals surface area (Å²) in [6.07, 6.45) is 1.79. The van der Waals surface area contributed by atoms with Crippen LogP contribution in [-0.4, -0.2) is 14.6 Å². The fraction of sp³-hybridized carbons (Fsp3) is 0.400. The average Bonchev–Trinajstić information content (AvgIpc) is 2.47. The number of hydrogen-bond donors (Lipinski definition) is 0. The molecular formula is C10H12BrN3. The highest BCUT2D eigenvalue weighted by atomic mass is 79.9. The molecule has 0 aromatic carbocycles. The summed E-state index contributed by atoms with van der Waals surface area (Å²) in [4.78, 5) is 4.43. The van der Waals surface area contributed by atoms with Crippen LogP contribution in [0.1, 0.15) is 31.2 Å². The molecule has 14 heavy (non-hydrogen) atoms. The molecule has 0 atom stereocenters. The van der Waals surface area contributed by atoms with Gasteiger partial charge in [-0.1, -0.05) is 13.8 Å². The number of nitrogens with zero attached hydrogens (tertiary/aromatic N) is 3. The summed E-state index contributed by atoms with van der Waals surface area (Å²) in [5.74, 6) is 0.450. The lowest BCUT2D eigenvalue weighted by atomic mass is 10.1. The van der Waals surface area contributed by atoms with Crippen LogP contribution in [0.25, 0.3) is 5.65 Å². The van der Waals surface area contributed by atoms with Crippen molar-refractivity contribution >= 4 is 21.6 Å². The number of aryl methyl sites for hydroxylation is 1. The highest BCUT2D eigenvalue weighted by Gasteiger charge is 2.10. The maximum Gasteiger partial charge on any atom is 0.169 e. The van der Waals surface area contributed by atoms with Gasteiger partial charge in [-0.25, -0.2) is 9.50 Å². The Morgan fingerprint density at radius 2 is 2.14 bits per heavy atom. The average molecular weight is 254 g/mol. The van der Waals surface area contributed by atoms with Crippen LogP contribution in [0.3, 0.4) is 0 Å². The third kappa shape index (κ3) is 1.43. The van der Waals surface area contributed by atoms with Gasteiger partial charge in [0.2, 0.25) is 0 Å². The third-order valence-corrected chi connectivity index (χ3v) is 2.74. The minimum absolute atomic E-state index is 0.450. The molecule has 2 rings (SSSR count). The highest BCUT2D eigenvalue weighted by Crippen LogP contribution is 2.21. The van der Waals surface area contributed by atoms with Crippen molar-refractivity contribution in [1.29, 1.82) is 0 Å². The SMILES string of the molecule is Cc1cc(C(C)C)n2ncc(Br)c2n1. The predicted octanol–water partition coefficient (Wildman–Crippen LogP) is 2.92. The lowest BCUT2D eigenvalue weighted by Crippen LogP contribution is -2.03. The van der Waals surface area contributed by atoms with E-state index in [-0.39, 0.29) is 0 Å². The van der Waals surface area contributed by atoms with Crippen LogP contribution in [0.2, 0.25) is 0 Å². The molecule has 0 aliphatic carbocycles. The normalized spacial score (nSPS) is 11.5. The predicted molar refractivity (Wildman–Crippen MR) is 59.5 cm³/mol. The lowest BCUT2D eigenvalue weighted by molar-refractivity contribution is 0.745. The first-order chi connectivity index (χ1) is 6.59. The highest BCUT2D eigenvalue weighted by molar-refractivity contribution is 9.10. The molecule has 0 aliphatic heterocycles. The summed E-state index contributed by atoms with van der Waals surface area (Å²) in [5.41, 5.74) is 3.12. The minimum atomic E-state index is 0.450. The maximum absolute atomic E-state index is 4.43. The summed E-state index contributed by atoms with van der Waals surface area (Å²) in [5, 5.41) is 4.29. The molecule has 0 amide bonds. The zero-order chi connectivity index (χ0) is 10.3. The summed E-state index contributed by atoms with van der Waals surface area (Å²) < 4.78 is 2.84. The second-order valence-corrected chi connectivity index (χ2v) is 4.56. The van der Waals surface area contributed by atoms with Gasteiger partial charge >= 0.3 is 0 Å². The molecule has 0 bridgehead atoms. The molecule has 4 heteroatoms. The first-order valence-corrected chi connectivity index (χ1v) is 5.39. The topological polar surface area (TPSA) is 30.2 Å². The van der Waals surface area contributed by atoms with Gasteiger partial charge in [-0.15, -0.1) is 0 Å². The molecule has 2 heterocycles. The van der Waals surface area contributed by atoms with Gasteiger partial charge in [-0.3, -0.25) is 0 Å². The molecular weight excluding hydrogens is 242 g/mol. The summed E-state index contributed by atoms with van der Waals surface area (Å²) in [7, 11) is 0. The summed E-state index contributed by atoms with van der Waals surface area (Å²) in [6, 6.07) is 2.08. The molecule has 0 fully saturated rings. The van der Waals surface area contributed by atoms with Gasteiger partial charge in [0.25, 0.3) is 0 Å². The fourth-order valence-electron chi connectivity index (χ4n) is 1.50. The Hall–Kier alpha value is -0.900. The van der Waals surface area contributed by atoms with Crippen LogP contribution in [0.15, 0.2) is 16.7 Å². The van der Waals surface area contributed by atoms with Crippen LogP contribution >= 0.6 is 15.9 Å². The van der Waals surface area contributed by atoms with Crippen LogP contribution in [0, 0.1) is 6.92 Å². The van der Waals surface area contributed by atoms with E-state index in [1.165, 1.54) is 5.69 Å². The van der Waals surface area contributed by atoms with Gasteiger partial charge in [-0.2, -0.15) is 5.10 Å². The molecule has 0 unspecified atom stereocenters. The van der Waals surface area contributed by atoms with E-state index in [1.54, 1.807) is 6.20 Å².